The van der Waals surface area contributed by atoms with Gasteiger partial charge in [0, 0.05) is 30.1 Å². The molecule has 6 nitrogen and oxygen atoms in total. The second kappa shape index (κ2) is 12.7. The Morgan fingerprint density at radius 3 is 2.27 bits per heavy atom. The van der Waals surface area contributed by atoms with Gasteiger partial charge in [0.2, 0.25) is 0 Å². The molecule has 0 aliphatic carbocycles. The second-order valence-corrected chi connectivity index (χ2v) is 8.48. The molecule has 0 saturated carbocycles. The predicted molar refractivity (Wildman–Crippen MR) is 135 cm³/mol. The van der Waals surface area contributed by atoms with Gasteiger partial charge in [-0.15, -0.1) is 0 Å². The number of benzene rings is 2. The number of amides is 1. The Balaban J connectivity index is 1.66. The number of aromatic nitrogens is 1. The van der Waals surface area contributed by atoms with Crippen LogP contribution >= 0.6 is 0 Å². The standard InChI is InChI=1S/C27H34N4O2/c28-16-10-5-3-1-2-4-9-13-22(32)17-20-14-15-25-23(18-20)26(24(19-30-25)27(29)33)31-21-11-7-6-8-12-21/h6-8,11-12,14-15,18-19H,1-5,9-10,13,16-17,28H2,(H2,29,33)(H,30,31). The Kier molecular flexibility index (Phi) is 9.39. The SMILES string of the molecule is NCCCCCCCCCC(=O)Cc1ccc2ncc(C(N)=O)c(Nc3ccccc3)c2c1. The normalized spacial score (nSPS) is 10.9. The smallest absolute Gasteiger partial charge is 0.252 e. The van der Waals surface area contributed by atoms with Gasteiger partial charge in [0.1, 0.15) is 5.78 Å². The van der Waals surface area contributed by atoms with Gasteiger partial charge < -0.3 is 16.8 Å². The van der Waals surface area contributed by atoms with Crippen molar-refractivity contribution in [1.29, 1.82) is 0 Å². The molecule has 174 valence electrons. The summed E-state index contributed by atoms with van der Waals surface area (Å²) in [5, 5.41) is 4.09. The average molecular weight is 447 g/mol. The molecule has 0 unspecified atom stereocenters. The topological polar surface area (TPSA) is 111 Å². The molecule has 0 spiro atoms. The van der Waals surface area contributed by atoms with Crippen LogP contribution in [0.1, 0.15) is 67.3 Å². The highest BCUT2D eigenvalue weighted by atomic mass is 16.1. The molecule has 0 bridgehead atoms. The van der Waals surface area contributed by atoms with Crippen molar-refractivity contribution in [2.24, 2.45) is 11.5 Å². The molecule has 0 radical (unpaired) electrons. The van der Waals surface area contributed by atoms with Crippen LogP contribution in [0, 0.1) is 0 Å². The van der Waals surface area contributed by atoms with Gasteiger partial charge in [-0.1, -0.05) is 56.4 Å². The molecule has 2 aromatic carbocycles. The van der Waals surface area contributed by atoms with Gasteiger partial charge in [-0.05, 0) is 49.2 Å². The molecule has 0 aliphatic rings. The van der Waals surface area contributed by atoms with E-state index in [1.807, 2.05) is 48.5 Å². The van der Waals surface area contributed by atoms with Crippen LogP contribution in [-0.4, -0.2) is 23.2 Å². The average Bonchev–Trinajstić information content (AvgIpc) is 2.81. The van der Waals surface area contributed by atoms with Gasteiger partial charge in [-0.3, -0.25) is 14.6 Å². The van der Waals surface area contributed by atoms with Crippen LogP contribution < -0.4 is 16.8 Å². The van der Waals surface area contributed by atoms with Gasteiger partial charge in [-0.2, -0.15) is 0 Å². The number of carbonyl (C=O) groups is 2. The van der Waals surface area contributed by atoms with Crippen LogP contribution in [0.25, 0.3) is 10.9 Å². The first-order valence-corrected chi connectivity index (χ1v) is 11.8. The summed E-state index contributed by atoms with van der Waals surface area (Å²) in [6.07, 6.45) is 10.4. The third kappa shape index (κ3) is 7.39. The van der Waals surface area contributed by atoms with Crippen molar-refractivity contribution in [1.82, 2.24) is 4.98 Å². The molecular formula is C27H34N4O2. The number of primary amides is 1. The first kappa shape index (κ1) is 24.4. The molecule has 33 heavy (non-hydrogen) atoms. The van der Waals surface area contributed by atoms with Gasteiger partial charge in [0.05, 0.1) is 16.8 Å². The molecule has 0 aliphatic heterocycles. The third-order valence-electron chi connectivity index (χ3n) is 5.80. The zero-order valence-corrected chi connectivity index (χ0v) is 19.2. The minimum Gasteiger partial charge on any atom is -0.365 e. The van der Waals surface area contributed by atoms with Gasteiger partial charge in [0.15, 0.2) is 0 Å². The maximum atomic E-state index is 12.6. The molecule has 1 aromatic heterocycles. The van der Waals surface area contributed by atoms with E-state index in [-0.39, 0.29) is 5.78 Å². The number of para-hydroxylation sites is 1. The van der Waals surface area contributed by atoms with Crippen molar-refractivity contribution in [3.05, 3.63) is 65.9 Å². The van der Waals surface area contributed by atoms with E-state index in [9.17, 15) is 9.59 Å². The highest BCUT2D eigenvalue weighted by Crippen LogP contribution is 2.30. The summed E-state index contributed by atoms with van der Waals surface area (Å²) in [7, 11) is 0. The Labute approximate surface area is 195 Å². The largest absolute Gasteiger partial charge is 0.365 e. The zero-order valence-electron chi connectivity index (χ0n) is 19.2. The van der Waals surface area contributed by atoms with E-state index in [1.165, 1.54) is 31.9 Å². The van der Waals surface area contributed by atoms with Gasteiger partial charge >= 0.3 is 0 Å². The van der Waals surface area contributed by atoms with Crippen molar-refractivity contribution in [3.63, 3.8) is 0 Å². The summed E-state index contributed by atoms with van der Waals surface area (Å²) in [6.45, 7) is 0.771. The quantitative estimate of drug-likeness (QED) is 0.292. The Morgan fingerprint density at radius 1 is 0.879 bits per heavy atom. The first-order chi connectivity index (χ1) is 16.1. The number of nitrogens with zero attached hydrogens (tertiary/aromatic N) is 1. The third-order valence-corrected chi connectivity index (χ3v) is 5.80. The summed E-state index contributed by atoms with van der Waals surface area (Å²) in [6, 6.07) is 15.4. The molecular weight excluding hydrogens is 412 g/mol. The fourth-order valence-corrected chi connectivity index (χ4v) is 4.00. The number of unbranched alkanes of at least 4 members (excludes halogenated alkanes) is 6. The first-order valence-electron chi connectivity index (χ1n) is 11.8. The monoisotopic (exact) mass is 446 g/mol. The minimum atomic E-state index is -0.549. The molecule has 3 aromatic rings. The second-order valence-electron chi connectivity index (χ2n) is 8.48. The molecule has 5 N–H and O–H groups in total. The molecule has 6 heteroatoms. The summed E-state index contributed by atoms with van der Waals surface area (Å²) < 4.78 is 0. The highest BCUT2D eigenvalue weighted by molar-refractivity contribution is 6.07. The molecule has 0 fully saturated rings. The van der Waals surface area contributed by atoms with Crippen molar-refractivity contribution < 1.29 is 9.59 Å². The number of rotatable bonds is 14. The van der Waals surface area contributed by atoms with Crippen molar-refractivity contribution in [2.45, 2.75) is 57.8 Å². The number of nitrogens with two attached hydrogens (primary N) is 2. The van der Waals surface area contributed by atoms with E-state index >= 15 is 0 Å². The number of carbonyl (C=O) groups excluding carboxylic acids is 2. The van der Waals surface area contributed by atoms with E-state index < -0.39 is 5.91 Å². The lowest BCUT2D eigenvalue weighted by molar-refractivity contribution is -0.118. The number of nitrogens with one attached hydrogen (secondary N) is 1. The molecule has 1 heterocycles. The van der Waals surface area contributed by atoms with Crippen LogP contribution in [0.4, 0.5) is 11.4 Å². The fraction of sp³-hybridized carbons (Fsp3) is 0.370. The Morgan fingerprint density at radius 2 is 1.58 bits per heavy atom. The number of pyridine rings is 1. The number of ketones is 1. The van der Waals surface area contributed by atoms with Crippen molar-refractivity contribution in [3.8, 4) is 0 Å². The van der Waals surface area contributed by atoms with Gasteiger partial charge in [0.25, 0.3) is 5.91 Å². The predicted octanol–water partition coefficient (Wildman–Crippen LogP) is 5.27. The number of hydrogen-bond acceptors (Lipinski definition) is 5. The molecule has 0 atom stereocenters. The van der Waals surface area contributed by atoms with Gasteiger partial charge in [-0.25, -0.2) is 0 Å². The lowest BCUT2D eigenvalue weighted by Crippen LogP contribution is -2.14. The van der Waals surface area contributed by atoms with E-state index in [0.29, 0.717) is 24.1 Å². The molecule has 0 saturated heterocycles. The van der Waals surface area contributed by atoms with E-state index in [0.717, 1.165) is 48.0 Å². The lowest BCUT2D eigenvalue weighted by atomic mass is 10.00. The summed E-state index contributed by atoms with van der Waals surface area (Å²) in [5.41, 5.74) is 14.6. The zero-order chi connectivity index (χ0) is 23.5. The Hall–Kier alpha value is -3.25. The van der Waals surface area contributed by atoms with Crippen molar-refractivity contribution >= 4 is 34.0 Å². The van der Waals surface area contributed by atoms with Crippen LogP contribution in [0.5, 0.6) is 0 Å². The number of fused-ring (bicyclic) bond motifs is 1. The maximum absolute atomic E-state index is 12.6. The van der Waals surface area contributed by atoms with Crippen LogP contribution in [0.15, 0.2) is 54.7 Å². The molecule has 3 rings (SSSR count). The highest BCUT2D eigenvalue weighted by Gasteiger charge is 2.15. The Bertz CT molecular complexity index is 1070. The number of Topliss-reactive ketones (excluding diaryl/α,β-unsaturated/α-hetero) is 1. The molecule has 1 amide bonds. The number of anilines is 2. The van der Waals surface area contributed by atoms with E-state index in [1.54, 1.807) is 0 Å². The number of hydrogen-bond donors (Lipinski definition) is 3. The van der Waals surface area contributed by atoms with Crippen LogP contribution in [0.2, 0.25) is 0 Å². The fourth-order valence-electron chi connectivity index (χ4n) is 4.00. The van der Waals surface area contributed by atoms with Crippen LogP contribution in [-0.2, 0) is 11.2 Å². The summed E-state index contributed by atoms with van der Waals surface area (Å²) >= 11 is 0. The van der Waals surface area contributed by atoms with E-state index in [4.69, 9.17) is 11.5 Å². The minimum absolute atomic E-state index is 0.231. The maximum Gasteiger partial charge on any atom is 0.252 e. The summed E-state index contributed by atoms with van der Waals surface area (Å²) in [4.78, 5) is 29.0. The van der Waals surface area contributed by atoms with Crippen molar-refractivity contribution in [2.75, 3.05) is 11.9 Å². The van der Waals surface area contributed by atoms with Crippen LogP contribution in [0.3, 0.4) is 0 Å². The lowest BCUT2D eigenvalue weighted by Gasteiger charge is -2.14. The summed E-state index contributed by atoms with van der Waals surface area (Å²) in [5.74, 6) is -0.318. The van der Waals surface area contributed by atoms with E-state index in [2.05, 4.69) is 10.3 Å².